The Kier molecular flexibility index (Phi) is 6.24. The summed E-state index contributed by atoms with van der Waals surface area (Å²) in [6, 6.07) is 14.0. The Balaban J connectivity index is 1.75. The van der Waals surface area contributed by atoms with Crippen molar-refractivity contribution in [1.29, 1.82) is 5.26 Å². The van der Waals surface area contributed by atoms with Gasteiger partial charge in [0, 0.05) is 47.9 Å². The first kappa shape index (κ1) is 21.2. The van der Waals surface area contributed by atoms with Crippen LogP contribution in [0.1, 0.15) is 11.1 Å². The number of fused-ring (bicyclic) bond motifs is 1. The number of ether oxygens (including phenoxy) is 3. The Morgan fingerprint density at radius 1 is 1.06 bits per heavy atom. The highest BCUT2D eigenvalue weighted by molar-refractivity contribution is 5.91. The number of nitriles is 1. The minimum absolute atomic E-state index is 0.422. The topological polar surface area (TPSA) is 92.2 Å². The summed E-state index contributed by atoms with van der Waals surface area (Å²) in [5.74, 6) is 1.22. The summed E-state index contributed by atoms with van der Waals surface area (Å²) in [6.45, 7) is 2.96. The number of aromatic nitrogens is 2. The lowest BCUT2D eigenvalue weighted by molar-refractivity contribution is 0.144. The molecule has 162 valence electrons. The van der Waals surface area contributed by atoms with Crippen molar-refractivity contribution in [2.75, 3.05) is 32.8 Å². The third-order valence-corrected chi connectivity index (χ3v) is 5.35. The summed E-state index contributed by atoms with van der Waals surface area (Å²) in [5.41, 5.74) is 5.87. The van der Waals surface area contributed by atoms with Crippen LogP contribution in [0.25, 0.3) is 22.0 Å². The number of nitrogens with zero attached hydrogens (tertiary/aromatic N) is 2. The van der Waals surface area contributed by atoms with Crippen LogP contribution in [0.15, 0.2) is 55.0 Å². The quantitative estimate of drug-likeness (QED) is 0.375. The maximum Gasteiger partial charge on any atom is 0.161 e. The second-order valence-corrected chi connectivity index (χ2v) is 7.23. The van der Waals surface area contributed by atoms with E-state index in [-0.39, 0.29) is 0 Å². The van der Waals surface area contributed by atoms with Gasteiger partial charge < -0.3 is 24.5 Å². The Morgan fingerprint density at radius 2 is 1.94 bits per heavy atom. The van der Waals surface area contributed by atoms with Crippen molar-refractivity contribution in [3.63, 3.8) is 0 Å². The maximum absolute atomic E-state index is 9.75. The standard InChI is InChI=1S/C25H24N4O3/c1-16-19-8-9-28-22(19)6-5-21(16)29-25-18(13-26)14-27-15-20(25)17-4-7-23(24(12-17)31-3)32-11-10-30-2/h4-9,12,14-15,28H,10-11H2,1-3H3,(H,27,29). The number of H-pyrrole nitrogens is 1. The molecule has 4 aromatic rings. The first-order valence-electron chi connectivity index (χ1n) is 10.2. The number of rotatable bonds is 8. The Hall–Kier alpha value is -4.02. The fourth-order valence-electron chi connectivity index (χ4n) is 3.64. The van der Waals surface area contributed by atoms with E-state index in [9.17, 15) is 5.26 Å². The van der Waals surface area contributed by atoms with E-state index in [0.717, 1.165) is 33.3 Å². The molecule has 0 aliphatic rings. The summed E-state index contributed by atoms with van der Waals surface area (Å²) in [4.78, 5) is 7.50. The molecular formula is C25H24N4O3. The third-order valence-electron chi connectivity index (χ3n) is 5.35. The Morgan fingerprint density at radius 3 is 2.72 bits per heavy atom. The zero-order valence-corrected chi connectivity index (χ0v) is 18.2. The van der Waals surface area contributed by atoms with Crippen molar-refractivity contribution in [3.05, 3.63) is 66.1 Å². The second kappa shape index (κ2) is 9.41. The van der Waals surface area contributed by atoms with Gasteiger partial charge in [-0.15, -0.1) is 0 Å². The van der Waals surface area contributed by atoms with Gasteiger partial charge in [0.15, 0.2) is 11.5 Å². The molecule has 0 saturated heterocycles. The van der Waals surface area contributed by atoms with Gasteiger partial charge in [-0.05, 0) is 48.4 Å². The van der Waals surface area contributed by atoms with Gasteiger partial charge >= 0.3 is 0 Å². The first-order chi connectivity index (χ1) is 15.7. The van der Waals surface area contributed by atoms with Gasteiger partial charge in [-0.2, -0.15) is 5.26 Å². The lowest BCUT2D eigenvalue weighted by Crippen LogP contribution is -2.05. The minimum Gasteiger partial charge on any atom is -0.493 e. The second-order valence-electron chi connectivity index (χ2n) is 7.23. The monoisotopic (exact) mass is 428 g/mol. The van der Waals surface area contributed by atoms with Gasteiger partial charge in [0.2, 0.25) is 0 Å². The number of aromatic amines is 1. The molecule has 7 heteroatoms. The van der Waals surface area contributed by atoms with Gasteiger partial charge in [-0.25, -0.2) is 0 Å². The number of methoxy groups -OCH3 is 2. The summed E-state index contributed by atoms with van der Waals surface area (Å²) < 4.78 is 16.3. The molecule has 0 aliphatic heterocycles. The van der Waals surface area contributed by atoms with Crippen LogP contribution in [-0.4, -0.2) is 37.4 Å². The average Bonchev–Trinajstić information content (AvgIpc) is 3.31. The summed E-state index contributed by atoms with van der Waals surface area (Å²) in [5, 5.41) is 14.3. The first-order valence-corrected chi connectivity index (χ1v) is 10.2. The van der Waals surface area contributed by atoms with Crippen LogP contribution in [0, 0.1) is 18.3 Å². The summed E-state index contributed by atoms with van der Waals surface area (Å²) >= 11 is 0. The number of aryl methyl sites for hydroxylation is 1. The van der Waals surface area contributed by atoms with Crippen LogP contribution in [0.4, 0.5) is 11.4 Å². The van der Waals surface area contributed by atoms with Gasteiger partial charge in [0.25, 0.3) is 0 Å². The molecular weight excluding hydrogens is 404 g/mol. The molecule has 0 atom stereocenters. The molecule has 2 aromatic carbocycles. The van der Waals surface area contributed by atoms with E-state index >= 15 is 0 Å². The Bertz CT molecular complexity index is 1290. The molecule has 0 bridgehead atoms. The van der Waals surface area contributed by atoms with Crippen LogP contribution >= 0.6 is 0 Å². The number of hydrogen-bond donors (Lipinski definition) is 2. The highest BCUT2D eigenvalue weighted by atomic mass is 16.5. The highest BCUT2D eigenvalue weighted by Gasteiger charge is 2.16. The number of benzene rings is 2. The van der Waals surface area contributed by atoms with Crippen LogP contribution in [0.2, 0.25) is 0 Å². The van der Waals surface area contributed by atoms with Crippen molar-refractivity contribution >= 4 is 22.3 Å². The van der Waals surface area contributed by atoms with E-state index in [2.05, 4.69) is 28.3 Å². The zero-order valence-electron chi connectivity index (χ0n) is 18.2. The average molecular weight is 428 g/mol. The predicted molar refractivity (Wildman–Crippen MR) is 125 cm³/mol. The van der Waals surface area contributed by atoms with Crippen LogP contribution in [0.5, 0.6) is 11.5 Å². The van der Waals surface area contributed by atoms with E-state index in [4.69, 9.17) is 14.2 Å². The maximum atomic E-state index is 9.75. The van der Waals surface area contributed by atoms with Gasteiger partial charge in [0.1, 0.15) is 12.7 Å². The van der Waals surface area contributed by atoms with Gasteiger partial charge in [0.05, 0.1) is 25.0 Å². The molecule has 7 nitrogen and oxygen atoms in total. The predicted octanol–water partition coefficient (Wildman–Crippen LogP) is 5.19. The lowest BCUT2D eigenvalue weighted by Gasteiger charge is -2.17. The molecule has 0 amide bonds. The highest BCUT2D eigenvalue weighted by Crippen LogP contribution is 2.38. The van der Waals surface area contributed by atoms with Crippen LogP contribution in [0.3, 0.4) is 0 Å². The molecule has 32 heavy (non-hydrogen) atoms. The van der Waals surface area contributed by atoms with E-state index in [0.29, 0.717) is 36.0 Å². The molecule has 0 unspecified atom stereocenters. The molecule has 0 radical (unpaired) electrons. The van der Waals surface area contributed by atoms with Gasteiger partial charge in [-0.1, -0.05) is 6.07 Å². The number of nitrogens with one attached hydrogen (secondary N) is 2. The molecule has 2 aromatic heterocycles. The lowest BCUT2D eigenvalue weighted by atomic mass is 10.0. The molecule has 0 aliphatic carbocycles. The van der Waals surface area contributed by atoms with Crippen molar-refractivity contribution in [2.45, 2.75) is 6.92 Å². The van der Waals surface area contributed by atoms with E-state index in [1.54, 1.807) is 26.6 Å². The summed E-state index contributed by atoms with van der Waals surface area (Å²) in [6.07, 6.45) is 5.23. The van der Waals surface area contributed by atoms with E-state index in [1.165, 1.54) is 0 Å². The number of hydrogen-bond acceptors (Lipinski definition) is 6. The molecule has 2 N–H and O–H groups in total. The van der Waals surface area contributed by atoms with Crippen molar-refractivity contribution in [1.82, 2.24) is 9.97 Å². The van der Waals surface area contributed by atoms with Crippen molar-refractivity contribution in [2.24, 2.45) is 0 Å². The smallest absolute Gasteiger partial charge is 0.161 e. The fourth-order valence-corrected chi connectivity index (χ4v) is 3.64. The van der Waals surface area contributed by atoms with Gasteiger partial charge in [-0.3, -0.25) is 4.98 Å². The summed E-state index contributed by atoms with van der Waals surface area (Å²) in [7, 11) is 3.23. The SMILES string of the molecule is COCCOc1ccc(-c2cncc(C#N)c2Nc2ccc3[nH]ccc3c2C)cc1OC. The largest absolute Gasteiger partial charge is 0.493 e. The molecule has 4 rings (SSSR count). The molecule has 0 spiro atoms. The number of anilines is 2. The van der Waals surface area contributed by atoms with Crippen molar-refractivity contribution in [3.8, 4) is 28.7 Å². The van der Waals surface area contributed by atoms with Crippen LogP contribution < -0.4 is 14.8 Å². The normalized spacial score (nSPS) is 10.7. The minimum atomic E-state index is 0.422. The Labute approximate surface area is 186 Å². The zero-order chi connectivity index (χ0) is 22.5. The van der Waals surface area contributed by atoms with E-state index < -0.39 is 0 Å². The fraction of sp³-hybridized carbons (Fsp3) is 0.200. The molecule has 0 fully saturated rings. The van der Waals surface area contributed by atoms with E-state index in [1.807, 2.05) is 42.6 Å². The molecule has 0 saturated carbocycles. The van der Waals surface area contributed by atoms with Crippen molar-refractivity contribution < 1.29 is 14.2 Å². The molecule has 2 heterocycles. The number of pyridine rings is 1. The van der Waals surface area contributed by atoms with Crippen LogP contribution in [-0.2, 0) is 4.74 Å². The third kappa shape index (κ3) is 4.09.